The molecule has 0 fully saturated rings. The van der Waals surface area contributed by atoms with Crippen LogP contribution in [-0.2, 0) is 4.79 Å². The van der Waals surface area contributed by atoms with Crippen molar-refractivity contribution in [3.8, 4) is 0 Å². The Bertz CT molecular complexity index is 110. The molecule has 0 aliphatic rings. The van der Waals surface area contributed by atoms with Crippen molar-refractivity contribution in [1.29, 1.82) is 0 Å². The summed E-state index contributed by atoms with van der Waals surface area (Å²) in [6, 6.07) is 0. The summed E-state index contributed by atoms with van der Waals surface area (Å²) in [5.41, 5.74) is 0. The molecule has 0 aliphatic heterocycles. The van der Waals surface area contributed by atoms with E-state index in [1.54, 1.807) is 11.9 Å². The summed E-state index contributed by atoms with van der Waals surface area (Å²) in [5, 5.41) is 0. The van der Waals surface area contributed by atoms with Crippen LogP contribution in [0.2, 0.25) is 0 Å². The summed E-state index contributed by atoms with van der Waals surface area (Å²) < 4.78 is 0. The van der Waals surface area contributed by atoms with Crippen molar-refractivity contribution in [2.24, 2.45) is 0 Å². The second kappa shape index (κ2) is 6.33. The van der Waals surface area contributed by atoms with E-state index < -0.39 is 0 Å². The third kappa shape index (κ3) is 5.35. The second-order valence-corrected chi connectivity index (χ2v) is 2.31. The molecule has 0 aromatic rings. The van der Waals surface area contributed by atoms with Gasteiger partial charge >= 0.3 is 0 Å². The minimum Gasteiger partial charge on any atom is -0.345 e. The Morgan fingerprint density at radius 2 is 2.10 bits per heavy atom. The fourth-order valence-corrected chi connectivity index (χ4v) is 0.568. The largest absolute Gasteiger partial charge is 0.345 e. The summed E-state index contributed by atoms with van der Waals surface area (Å²) in [5.74, 6) is 0. The van der Waals surface area contributed by atoms with Crippen molar-refractivity contribution in [3.05, 3.63) is 12.2 Å². The van der Waals surface area contributed by atoms with Crippen LogP contribution in [0.15, 0.2) is 12.2 Å². The lowest BCUT2D eigenvalue weighted by Gasteiger charge is -2.04. The number of likely N-dealkylation sites (N-methyl/N-ethyl adjacent to an activating group) is 1. The Kier molecular flexibility index (Phi) is 5.83. The second-order valence-electron chi connectivity index (χ2n) is 2.31. The smallest absolute Gasteiger partial charge is 0.209 e. The molecule has 0 heterocycles. The third-order valence-corrected chi connectivity index (χ3v) is 1.20. The molecule has 0 aromatic carbocycles. The van der Waals surface area contributed by atoms with E-state index in [1.165, 1.54) is 6.42 Å². The van der Waals surface area contributed by atoms with Gasteiger partial charge in [-0.3, -0.25) is 4.79 Å². The van der Waals surface area contributed by atoms with Crippen molar-refractivity contribution >= 4 is 6.41 Å². The predicted molar refractivity (Wildman–Crippen MR) is 42.7 cm³/mol. The first-order valence-corrected chi connectivity index (χ1v) is 3.61. The number of carbonyl (C=O) groups excluding carboxylic acids is 1. The molecular formula is C8H15NO. The topological polar surface area (TPSA) is 20.3 Å². The van der Waals surface area contributed by atoms with E-state index in [1.807, 2.05) is 6.08 Å². The lowest BCUT2D eigenvalue weighted by molar-refractivity contribution is -0.116. The quantitative estimate of drug-likeness (QED) is 0.419. The van der Waals surface area contributed by atoms with Gasteiger partial charge in [0.2, 0.25) is 6.41 Å². The van der Waals surface area contributed by atoms with Gasteiger partial charge in [0.05, 0.1) is 0 Å². The molecular weight excluding hydrogens is 126 g/mol. The number of hydrogen-bond donors (Lipinski definition) is 0. The molecule has 0 rings (SSSR count). The van der Waals surface area contributed by atoms with Crippen LogP contribution >= 0.6 is 0 Å². The summed E-state index contributed by atoms with van der Waals surface area (Å²) >= 11 is 0. The van der Waals surface area contributed by atoms with Gasteiger partial charge in [0, 0.05) is 13.6 Å². The van der Waals surface area contributed by atoms with Gasteiger partial charge in [-0.1, -0.05) is 25.5 Å². The Balaban J connectivity index is 3.24. The maximum Gasteiger partial charge on any atom is 0.209 e. The van der Waals surface area contributed by atoms with E-state index in [0.717, 1.165) is 19.4 Å². The van der Waals surface area contributed by atoms with E-state index >= 15 is 0 Å². The van der Waals surface area contributed by atoms with E-state index in [-0.39, 0.29) is 0 Å². The highest BCUT2D eigenvalue weighted by Gasteiger charge is 1.84. The van der Waals surface area contributed by atoms with E-state index in [9.17, 15) is 4.79 Å². The lowest BCUT2D eigenvalue weighted by atomic mass is 10.3. The highest BCUT2D eigenvalue weighted by molar-refractivity contribution is 5.46. The summed E-state index contributed by atoms with van der Waals surface area (Å²) in [6.07, 6.45) is 7.21. The van der Waals surface area contributed by atoms with Crippen LogP contribution in [0.4, 0.5) is 0 Å². The Hall–Kier alpha value is -0.790. The van der Waals surface area contributed by atoms with Crippen molar-refractivity contribution in [2.45, 2.75) is 19.8 Å². The molecule has 58 valence electrons. The first-order valence-electron chi connectivity index (χ1n) is 3.61. The molecule has 0 bridgehead atoms. The molecule has 0 saturated carbocycles. The van der Waals surface area contributed by atoms with Crippen molar-refractivity contribution in [3.63, 3.8) is 0 Å². The predicted octanol–water partition coefficient (Wildman–Crippen LogP) is 1.43. The Morgan fingerprint density at radius 1 is 1.40 bits per heavy atom. The summed E-state index contributed by atoms with van der Waals surface area (Å²) in [6.45, 7) is 2.86. The van der Waals surface area contributed by atoms with E-state index in [4.69, 9.17) is 0 Å². The lowest BCUT2D eigenvalue weighted by Crippen LogP contribution is -2.14. The highest BCUT2D eigenvalue weighted by atomic mass is 16.1. The van der Waals surface area contributed by atoms with Crippen LogP contribution in [0.5, 0.6) is 0 Å². The molecule has 2 nitrogen and oxygen atoms in total. The van der Waals surface area contributed by atoms with Gasteiger partial charge in [-0.25, -0.2) is 0 Å². The van der Waals surface area contributed by atoms with E-state index in [0.29, 0.717) is 0 Å². The maximum atomic E-state index is 10.1. The number of hydrogen-bond acceptors (Lipinski definition) is 1. The molecule has 0 radical (unpaired) electrons. The van der Waals surface area contributed by atoms with Crippen molar-refractivity contribution in [2.75, 3.05) is 13.6 Å². The van der Waals surface area contributed by atoms with Crippen LogP contribution in [0.25, 0.3) is 0 Å². The third-order valence-electron chi connectivity index (χ3n) is 1.20. The fraction of sp³-hybridized carbons (Fsp3) is 0.625. The van der Waals surface area contributed by atoms with Crippen LogP contribution in [0.3, 0.4) is 0 Å². The van der Waals surface area contributed by atoms with Crippen molar-refractivity contribution in [1.82, 2.24) is 4.90 Å². The number of rotatable bonds is 5. The first kappa shape index (κ1) is 9.21. The van der Waals surface area contributed by atoms with Gasteiger partial charge in [0.15, 0.2) is 0 Å². The van der Waals surface area contributed by atoms with Gasteiger partial charge in [0.1, 0.15) is 0 Å². The average Bonchev–Trinajstić information content (AvgIpc) is 1.98. The SMILES string of the molecule is CCCC=CCN(C)C=O. The van der Waals surface area contributed by atoms with Gasteiger partial charge in [-0.05, 0) is 6.42 Å². The molecule has 0 N–H and O–H groups in total. The maximum absolute atomic E-state index is 10.1. The highest BCUT2D eigenvalue weighted by Crippen LogP contribution is 1.88. The molecule has 0 spiro atoms. The monoisotopic (exact) mass is 141 g/mol. The number of allylic oxidation sites excluding steroid dienone is 1. The summed E-state index contributed by atoms with van der Waals surface area (Å²) in [4.78, 5) is 11.7. The van der Waals surface area contributed by atoms with Gasteiger partial charge in [0.25, 0.3) is 0 Å². The zero-order chi connectivity index (χ0) is 7.82. The van der Waals surface area contributed by atoms with E-state index in [2.05, 4.69) is 13.0 Å². The number of amides is 1. The van der Waals surface area contributed by atoms with Crippen LogP contribution in [0, 0.1) is 0 Å². The zero-order valence-electron chi connectivity index (χ0n) is 6.71. The average molecular weight is 141 g/mol. The molecule has 0 aromatic heterocycles. The van der Waals surface area contributed by atoms with Gasteiger partial charge in [-0.2, -0.15) is 0 Å². The molecule has 1 amide bonds. The molecule has 0 saturated heterocycles. The molecule has 2 heteroatoms. The zero-order valence-corrected chi connectivity index (χ0v) is 6.71. The summed E-state index contributed by atoms with van der Waals surface area (Å²) in [7, 11) is 1.77. The number of unbranched alkanes of at least 4 members (excludes halogenated alkanes) is 1. The van der Waals surface area contributed by atoms with Crippen LogP contribution in [-0.4, -0.2) is 24.9 Å². The number of carbonyl (C=O) groups is 1. The van der Waals surface area contributed by atoms with Crippen LogP contribution in [0.1, 0.15) is 19.8 Å². The normalized spacial score (nSPS) is 10.2. The minimum absolute atomic E-state index is 0.726. The molecule has 0 aliphatic carbocycles. The first-order chi connectivity index (χ1) is 4.81. The van der Waals surface area contributed by atoms with Crippen LogP contribution < -0.4 is 0 Å². The standard InChI is InChI=1S/C8H15NO/c1-3-4-5-6-7-9(2)8-10/h5-6,8H,3-4,7H2,1-2H3. The molecule has 0 unspecified atom stereocenters. The van der Waals surface area contributed by atoms with Crippen molar-refractivity contribution < 1.29 is 4.79 Å². The molecule has 0 atom stereocenters. The van der Waals surface area contributed by atoms with Gasteiger partial charge in [-0.15, -0.1) is 0 Å². The fourth-order valence-electron chi connectivity index (χ4n) is 0.568. The molecule has 10 heavy (non-hydrogen) atoms. The Morgan fingerprint density at radius 3 is 2.60 bits per heavy atom. The number of nitrogens with zero attached hydrogens (tertiary/aromatic N) is 1. The van der Waals surface area contributed by atoms with Gasteiger partial charge < -0.3 is 4.90 Å². The Labute approximate surface area is 62.5 Å². The minimum atomic E-state index is 0.726.